The summed E-state index contributed by atoms with van der Waals surface area (Å²) in [5.41, 5.74) is 0.869. The Balaban J connectivity index is 2.33. The molecular formula is C11H13ClN2O. The molecule has 0 fully saturated rings. The fraction of sp³-hybridized carbons (Fsp3) is 0.182. The topological polar surface area (TPSA) is 41.1 Å². The quantitative estimate of drug-likeness (QED) is 0.752. The summed E-state index contributed by atoms with van der Waals surface area (Å²) in [6.07, 6.45) is 1.64. The van der Waals surface area contributed by atoms with Crippen LogP contribution in [0, 0.1) is 0 Å². The zero-order valence-electron chi connectivity index (χ0n) is 8.29. The summed E-state index contributed by atoms with van der Waals surface area (Å²) in [5, 5.41) is 6.32. The van der Waals surface area contributed by atoms with Gasteiger partial charge in [-0.2, -0.15) is 0 Å². The van der Waals surface area contributed by atoms with Crippen LogP contribution in [0.3, 0.4) is 0 Å². The van der Waals surface area contributed by atoms with Gasteiger partial charge in [0.1, 0.15) is 0 Å². The normalized spacial score (nSPS) is 9.40. The molecule has 0 aliphatic carbocycles. The molecule has 0 heterocycles. The average Bonchev–Trinajstić information content (AvgIpc) is 2.25. The van der Waals surface area contributed by atoms with Gasteiger partial charge in [0.25, 0.3) is 0 Å². The lowest BCUT2D eigenvalue weighted by Gasteiger charge is -2.06. The molecule has 15 heavy (non-hydrogen) atoms. The lowest BCUT2D eigenvalue weighted by molar-refractivity contribution is -0.119. The van der Waals surface area contributed by atoms with E-state index in [9.17, 15) is 4.79 Å². The minimum Gasteiger partial charge on any atom is -0.376 e. The third-order valence-electron chi connectivity index (χ3n) is 1.74. The molecule has 3 nitrogen and oxygen atoms in total. The van der Waals surface area contributed by atoms with E-state index in [1.54, 1.807) is 18.2 Å². The smallest absolute Gasteiger partial charge is 0.239 e. The Labute approximate surface area is 94.1 Å². The monoisotopic (exact) mass is 224 g/mol. The Bertz CT molecular complexity index is 335. The third-order valence-corrected chi connectivity index (χ3v) is 1.99. The van der Waals surface area contributed by atoms with Crippen molar-refractivity contribution in [2.75, 3.05) is 18.4 Å². The number of benzene rings is 1. The van der Waals surface area contributed by atoms with Crippen molar-refractivity contribution in [1.29, 1.82) is 0 Å². The molecule has 2 N–H and O–H groups in total. The minimum atomic E-state index is -0.0650. The summed E-state index contributed by atoms with van der Waals surface area (Å²) in [4.78, 5) is 11.2. The number of nitrogens with one attached hydrogen (secondary N) is 2. The van der Waals surface area contributed by atoms with E-state index in [0.29, 0.717) is 11.6 Å². The second-order valence-electron chi connectivity index (χ2n) is 2.95. The van der Waals surface area contributed by atoms with Crippen molar-refractivity contribution in [3.05, 3.63) is 41.9 Å². The summed E-state index contributed by atoms with van der Waals surface area (Å²) in [5.74, 6) is -0.0650. The fourth-order valence-corrected chi connectivity index (χ4v) is 1.12. The Kier molecular flexibility index (Phi) is 4.71. The summed E-state index contributed by atoms with van der Waals surface area (Å²) in [6, 6.07) is 7.18. The fourth-order valence-electron chi connectivity index (χ4n) is 0.999. The third kappa shape index (κ3) is 4.51. The van der Waals surface area contributed by atoms with Gasteiger partial charge in [0.2, 0.25) is 5.91 Å². The molecule has 0 aliphatic heterocycles. The number of carbonyl (C=O) groups is 1. The first kappa shape index (κ1) is 11.6. The number of hydrogen-bond acceptors (Lipinski definition) is 2. The van der Waals surface area contributed by atoms with E-state index in [4.69, 9.17) is 11.6 Å². The molecule has 1 amide bonds. The number of amides is 1. The highest BCUT2D eigenvalue weighted by molar-refractivity contribution is 6.30. The van der Waals surface area contributed by atoms with Crippen LogP contribution in [-0.2, 0) is 4.79 Å². The number of anilines is 1. The molecule has 4 heteroatoms. The van der Waals surface area contributed by atoms with Crippen LogP contribution in [0.4, 0.5) is 5.69 Å². The van der Waals surface area contributed by atoms with Crippen molar-refractivity contribution in [2.45, 2.75) is 0 Å². The van der Waals surface area contributed by atoms with E-state index >= 15 is 0 Å². The Morgan fingerprint density at radius 1 is 1.40 bits per heavy atom. The molecule has 0 unspecified atom stereocenters. The minimum absolute atomic E-state index is 0.0650. The summed E-state index contributed by atoms with van der Waals surface area (Å²) in [6.45, 7) is 4.24. The molecule has 0 aliphatic rings. The molecule has 0 aromatic heterocycles. The summed E-state index contributed by atoms with van der Waals surface area (Å²) >= 11 is 5.72. The van der Waals surface area contributed by atoms with Crippen LogP contribution in [0.5, 0.6) is 0 Å². The molecule has 80 valence electrons. The van der Waals surface area contributed by atoms with Crippen LogP contribution in [0.25, 0.3) is 0 Å². The van der Waals surface area contributed by atoms with E-state index < -0.39 is 0 Å². The molecule has 1 aromatic rings. The van der Waals surface area contributed by atoms with Crippen molar-refractivity contribution in [3.63, 3.8) is 0 Å². The second kappa shape index (κ2) is 6.09. The number of halogens is 1. The Hall–Kier alpha value is -1.48. The molecule has 0 saturated heterocycles. The van der Waals surface area contributed by atoms with Gasteiger partial charge in [0, 0.05) is 17.3 Å². The van der Waals surface area contributed by atoms with Crippen molar-refractivity contribution in [1.82, 2.24) is 5.32 Å². The summed E-state index contributed by atoms with van der Waals surface area (Å²) in [7, 11) is 0. The summed E-state index contributed by atoms with van der Waals surface area (Å²) < 4.78 is 0. The first-order valence-corrected chi connectivity index (χ1v) is 4.97. The van der Waals surface area contributed by atoms with Crippen molar-refractivity contribution in [2.24, 2.45) is 0 Å². The molecule has 1 aromatic carbocycles. The van der Waals surface area contributed by atoms with Crippen LogP contribution < -0.4 is 10.6 Å². The van der Waals surface area contributed by atoms with Gasteiger partial charge in [-0.3, -0.25) is 4.79 Å². The standard InChI is InChI=1S/C11H13ClN2O/c1-2-7-13-11(15)8-14-10-5-3-9(12)4-6-10/h2-6,14H,1,7-8H2,(H,13,15). The van der Waals surface area contributed by atoms with Gasteiger partial charge in [0.05, 0.1) is 6.54 Å². The van der Waals surface area contributed by atoms with Crippen LogP contribution >= 0.6 is 11.6 Å². The van der Waals surface area contributed by atoms with Crippen molar-refractivity contribution in [3.8, 4) is 0 Å². The number of rotatable bonds is 5. The second-order valence-corrected chi connectivity index (χ2v) is 3.39. The van der Waals surface area contributed by atoms with Gasteiger partial charge < -0.3 is 10.6 Å². The van der Waals surface area contributed by atoms with Crippen molar-refractivity contribution < 1.29 is 4.79 Å². The van der Waals surface area contributed by atoms with Crippen LogP contribution in [0.2, 0.25) is 5.02 Å². The first-order chi connectivity index (χ1) is 7.22. The van der Waals surface area contributed by atoms with Gasteiger partial charge in [-0.25, -0.2) is 0 Å². The molecule has 0 saturated carbocycles. The Morgan fingerprint density at radius 3 is 2.67 bits per heavy atom. The van der Waals surface area contributed by atoms with E-state index in [0.717, 1.165) is 5.69 Å². The lowest BCUT2D eigenvalue weighted by Crippen LogP contribution is -2.29. The van der Waals surface area contributed by atoms with Crippen LogP contribution in [0.1, 0.15) is 0 Å². The van der Waals surface area contributed by atoms with E-state index in [-0.39, 0.29) is 12.5 Å². The largest absolute Gasteiger partial charge is 0.376 e. The van der Waals surface area contributed by atoms with E-state index in [1.807, 2.05) is 12.1 Å². The zero-order chi connectivity index (χ0) is 11.1. The highest BCUT2D eigenvalue weighted by Gasteiger charge is 1.98. The van der Waals surface area contributed by atoms with Crippen LogP contribution in [-0.4, -0.2) is 19.0 Å². The maximum absolute atomic E-state index is 11.2. The van der Waals surface area contributed by atoms with Crippen LogP contribution in [0.15, 0.2) is 36.9 Å². The molecule has 1 rings (SSSR count). The SMILES string of the molecule is C=CCNC(=O)CNc1ccc(Cl)cc1. The Morgan fingerprint density at radius 2 is 2.07 bits per heavy atom. The number of hydrogen-bond donors (Lipinski definition) is 2. The maximum Gasteiger partial charge on any atom is 0.239 e. The molecule has 0 atom stereocenters. The zero-order valence-corrected chi connectivity index (χ0v) is 9.05. The van der Waals surface area contributed by atoms with Gasteiger partial charge in [-0.1, -0.05) is 17.7 Å². The highest BCUT2D eigenvalue weighted by atomic mass is 35.5. The average molecular weight is 225 g/mol. The molecular weight excluding hydrogens is 212 g/mol. The van der Waals surface area contributed by atoms with Gasteiger partial charge in [-0.05, 0) is 24.3 Å². The first-order valence-electron chi connectivity index (χ1n) is 4.59. The highest BCUT2D eigenvalue weighted by Crippen LogP contribution is 2.12. The predicted molar refractivity (Wildman–Crippen MR) is 63.1 cm³/mol. The van der Waals surface area contributed by atoms with Gasteiger partial charge >= 0.3 is 0 Å². The molecule has 0 bridgehead atoms. The van der Waals surface area contributed by atoms with Gasteiger partial charge in [0.15, 0.2) is 0 Å². The molecule has 0 spiro atoms. The van der Waals surface area contributed by atoms with Crippen molar-refractivity contribution >= 4 is 23.2 Å². The van der Waals surface area contributed by atoms with E-state index in [2.05, 4.69) is 17.2 Å². The maximum atomic E-state index is 11.2. The molecule has 0 radical (unpaired) electrons. The van der Waals surface area contributed by atoms with E-state index in [1.165, 1.54) is 0 Å². The predicted octanol–water partition coefficient (Wildman–Crippen LogP) is 2.05. The number of carbonyl (C=O) groups excluding carboxylic acids is 1. The van der Waals surface area contributed by atoms with Gasteiger partial charge in [-0.15, -0.1) is 6.58 Å². The lowest BCUT2D eigenvalue weighted by atomic mass is 10.3.